The third-order valence-electron chi connectivity index (χ3n) is 1.34. The molecule has 0 saturated heterocycles. The molecule has 1 heterocycles. The second-order valence-corrected chi connectivity index (χ2v) is 2.88. The fourth-order valence-corrected chi connectivity index (χ4v) is 1.22. The lowest BCUT2D eigenvalue weighted by molar-refractivity contribution is 1.31. The summed E-state index contributed by atoms with van der Waals surface area (Å²) in [5.74, 6) is 0.336. The van der Waals surface area contributed by atoms with Crippen molar-refractivity contribution in [3.05, 3.63) is 22.8 Å². The van der Waals surface area contributed by atoms with Gasteiger partial charge >= 0.3 is 0 Å². The predicted octanol–water partition coefficient (Wildman–Crippen LogP) is 1.65. The summed E-state index contributed by atoms with van der Waals surface area (Å²) in [4.78, 5) is 3.84. The Morgan fingerprint density at radius 1 is 1.55 bits per heavy atom. The molecule has 0 atom stereocenters. The van der Waals surface area contributed by atoms with Gasteiger partial charge in [-0.25, -0.2) is 4.98 Å². The maximum Gasteiger partial charge on any atom is 0.147 e. The minimum absolute atomic E-state index is 0.336. The van der Waals surface area contributed by atoms with Crippen molar-refractivity contribution in [1.29, 1.82) is 0 Å². The van der Waals surface area contributed by atoms with Crippen molar-refractivity contribution in [2.24, 2.45) is 0 Å². The third kappa shape index (κ3) is 1.35. The normalized spacial score (nSPS) is 9.55. The largest absolute Gasteiger partial charge is 0.395 e. The number of hydrogen-bond acceptors (Lipinski definition) is 3. The number of rotatable bonds is 1. The van der Waals surface area contributed by atoms with Crippen LogP contribution in [0.2, 0.25) is 0 Å². The lowest BCUT2D eigenvalue weighted by Crippen LogP contribution is -2.00. The van der Waals surface area contributed by atoms with Crippen molar-refractivity contribution >= 4 is 33.5 Å². The predicted molar refractivity (Wildman–Crippen MR) is 50.9 cm³/mol. The molecule has 0 saturated carbocycles. The van der Waals surface area contributed by atoms with Crippen LogP contribution in [0.1, 0.15) is 5.56 Å². The van der Waals surface area contributed by atoms with E-state index in [0.29, 0.717) is 11.5 Å². The highest BCUT2D eigenvalue weighted by Gasteiger charge is 2.03. The van der Waals surface area contributed by atoms with E-state index in [1.807, 2.05) is 0 Å². The molecule has 1 rings (SSSR count). The first-order chi connectivity index (χ1) is 5.16. The van der Waals surface area contributed by atoms with Gasteiger partial charge in [-0.1, -0.05) is 12.7 Å². The van der Waals surface area contributed by atoms with E-state index in [0.717, 1.165) is 10.0 Å². The zero-order chi connectivity index (χ0) is 8.43. The van der Waals surface area contributed by atoms with Crippen LogP contribution in [0.25, 0.3) is 6.08 Å². The summed E-state index contributed by atoms with van der Waals surface area (Å²) >= 11 is 3.27. The molecule has 0 aliphatic carbocycles. The van der Waals surface area contributed by atoms with E-state index < -0.39 is 0 Å². The number of anilines is 2. The van der Waals surface area contributed by atoms with E-state index in [9.17, 15) is 0 Å². The summed E-state index contributed by atoms with van der Waals surface area (Å²) in [6.45, 7) is 3.60. The van der Waals surface area contributed by atoms with Gasteiger partial charge < -0.3 is 11.5 Å². The quantitative estimate of drug-likeness (QED) is 0.746. The molecular weight excluding hydrogens is 206 g/mol. The smallest absolute Gasteiger partial charge is 0.147 e. The number of halogens is 1. The summed E-state index contributed by atoms with van der Waals surface area (Å²) in [6, 6.07) is 0. The van der Waals surface area contributed by atoms with E-state index in [-0.39, 0.29) is 0 Å². The molecule has 0 radical (unpaired) electrons. The summed E-state index contributed by atoms with van der Waals surface area (Å²) in [5.41, 5.74) is 12.3. The molecule has 0 bridgehead atoms. The summed E-state index contributed by atoms with van der Waals surface area (Å²) in [6.07, 6.45) is 3.24. The number of pyridine rings is 1. The van der Waals surface area contributed by atoms with Crippen molar-refractivity contribution in [3.8, 4) is 0 Å². The number of hydrogen-bond donors (Lipinski definition) is 2. The van der Waals surface area contributed by atoms with E-state index in [1.54, 1.807) is 12.3 Å². The van der Waals surface area contributed by atoms with Crippen LogP contribution in [0.5, 0.6) is 0 Å². The van der Waals surface area contributed by atoms with Crippen LogP contribution in [0, 0.1) is 0 Å². The Hall–Kier alpha value is -1.03. The molecule has 0 spiro atoms. The first kappa shape index (κ1) is 8.07. The topological polar surface area (TPSA) is 64.9 Å². The molecule has 58 valence electrons. The molecule has 1 aromatic heterocycles. The first-order valence-corrected chi connectivity index (χ1v) is 3.78. The van der Waals surface area contributed by atoms with Gasteiger partial charge in [-0.15, -0.1) is 0 Å². The van der Waals surface area contributed by atoms with Gasteiger partial charge in [0.2, 0.25) is 0 Å². The van der Waals surface area contributed by atoms with Crippen molar-refractivity contribution in [2.45, 2.75) is 0 Å². The SMILES string of the molecule is C=Cc1c(Br)cnc(N)c1N. The summed E-state index contributed by atoms with van der Waals surface area (Å²) in [7, 11) is 0. The Morgan fingerprint density at radius 3 is 2.64 bits per heavy atom. The van der Waals surface area contributed by atoms with Crippen LogP contribution < -0.4 is 11.5 Å². The first-order valence-electron chi connectivity index (χ1n) is 2.98. The van der Waals surface area contributed by atoms with Gasteiger partial charge in [-0.05, 0) is 15.9 Å². The van der Waals surface area contributed by atoms with Gasteiger partial charge in [0.05, 0.1) is 5.69 Å². The van der Waals surface area contributed by atoms with Gasteiger partial charge in [0.15, 0.2) is 0 Å². The molecule has 0 aliphatic rings. The van der Waals surface area contributed by atoms with E-state index in [2.05, 4.69) is 27.5 Å². The monoisotopic (exact) mass is 213 g/mol. The molecule has 11 heavy (non-hydrogen) atoms. The zero-order valence-corrected chi connectivity index (χ0v) is 7.43. The highest BCUT2D eigenvalue weighted by atomic mass is 79.9. The Labute approximate surface area is 73.2 Å². The van der Waals surface area contributed by atoms with E-state index in [1.165, 1.54) is 0 Å². The van der Waals surface area contributed by atoms with Crippen LogP contribution in [0.15, 0.2) is 17.2 Å². The fourth-order valence-electron chi connectivity index (χ4n) is 0.739. The van der Waals surface area contributed by atoms with Crippen molar-refractivity contribution < 1.29 is 0 Å². The molecule has 4 N–H and O–H groups in total. The van der Waals surface area contributed by atoms with Crippen LogP contribution in [-0.4, -0.2) is 4.98 Å². The maximum atomic E-state index is 5.61. The van der Waals surface area contributed by atoms with Crippen LogP contribution in [-0.2, 0) is 0 Å². The molecule has 0 unspecified atom stereocenters. The average Bonchev–Trinajstić information content (AvgIpc) is 1.99. The van der Waals surface area contributed by atoms with Crippen molar-refractivity contribution in [2.75, 3.05) is 11.5 Å². The second kappa shape index (κ2) is 2.92. The van der Waals surface area contributed by atoms with Crippen molar-refractivity contribution in [3.63, 3.8) is 0 Å². The number of nitrogens with two attached hydrogens (primary N) is 2. The Balaban J connectivity index is 3.40. The third-order valence-corrected chi connectivity index (χ3v) is 1.98. The number of nitrogen functional groups attached to an aromatic ring is 2. The molecule has 1 aromatic rings. The van der Waals surface area contributed by atoms with Crippen LogP contribution in [0.4, 0.5) is 11.5 Å². The standard InChI is InChI=1S/C7H8BrN3/c1-2-4-5(8)3-11-7(10)6(4)9/h2-3H,1,9H2,(H2,10,11). The second-order valence-electron chi connectivity index (χ2n) is 2.02. The molecule has 4 heteroatoms. The van der Waals surface area contributed by atoms with Gasteiger partial charge in [-0.3, -0.25) is 0 Å². The van der Waals surface area contributed by atoms with E-state index in [4.69, 9.17) is 11.5 Å². The summed E-state index contributed by atoms with van der Waals surface area (Å²) in [5, 5.41) is 0. The van der Waals surface area contributed by atoms with Crippen LogP contribution >= 0.6 is 15.9 Å². The zero-order valence-electron chi connectivity index (χ0n) is 5.84. The van der Waals surface area contributed by atoms with Gasteiger partial charge in [0, 0.05) is 16.2 Å². The highest BCUT2D eigenvalue weighted by molar-refractivity contribution is 9.10. The Morgan fingerprint density at radius 2 is 2.18 bits per heavy atom. The molecule has 3 nitrogen and oxygen atoms in total. The number of aromatic nitrogens is 1. The molecule has 0 aliphatic heterocycles. The molecule has 0 amide bonds. The lowest BCUT2D eigenvalue weighted by atomic mass is 10.2. The van der Waals surface area contributed by atoms with E-state index >= 15 is 0 Å². The van der Waals surface area contributed by atoms with Crippen LogP contribution in [0.3, 0.4) is 0 Å². The molecule has 0 aromatic carbocycles. The van der Waals surface area contributed by atoms with Gasteiger partial charge in [0.1, 0.15) is 5.82 Å². The lowest BCUT2D eigenvalue weighted by Gasteiger charge is -2.04. The number of nitrogens with zero attached hydrogens (tertiary/aromatic N) is 1. The van der Waals surface area contributed by atoms with Gasteiger partial charge in [0.25, 0.3) is 0 Å². The van der Waals surface area contributed by atoms with Crippen molar-refractivity contribution in [1.82, 2.24) is 4.98 Å². The molecular formula is C7H8BrN3. The minimum Gasteiger partial charge on any atom is -0.395 e. The average molecular weight is 214 g/mol. The Bertz CT molecular complexity index is 296. The fraction of sp³-hybridized carbons (Fsp3) is 0. The molecule has 0 fully saturated rings. The maximum absolute atomic E-state index is 5.61. The Kier molecular flexibility index (Phi) is 2.14. The van der Waals surface area contributed by atoms with Gasteiger partial charge in [-0.2, -0.15) is 0 Å². The highest BCUT2D eigenvalue weighted by Crippen LogP contribution is 2.26. The summed E-state index contributed by atoms with van der Waals surface area (Å²) < 4.78 is 0.805. The minimum atomic E-state index is 0.336.